The van der Waals surface area contributed by atoms with Gasteiger partial charge in [0.1, 0.15) is 0 Å². The van der Waals surface area contributed by atoms with Gasteiger partial charge in [-0.2, -0.15) is 0 Å². The van der Waals surface area contributed by atoms with E-state index in [0.29, 0.717) is 22.7 Å². The number of nitrogens with one attached hydrogen (secondary N) is 1. The summed E-state index contributed by atoms with van der Waals surface area (Å²) in [5.41, 5.74) is 3.49. The second-order valence-electron chi connectivity index (χ2n) is 7.26. The Labute approximate surface area is 179 Å². The Morgan fingerprint density at radius 1 is 1.14 bits per heavy atom. The van der Waals surface area contributed by atoms with Crippen molar-refractivity contribution in [2.75, 3.05) is 17.1 Å². The van der Waals surface area contributed by atoms with Crippen LogP contribution in [0.2, 0.25) is 5.02 Å². The average molecular weight is 437 g/mol. The minimum Gasteiger partial charge on any atom is -0.349 e. The summed E-state index contributed by atoms with van der Waals surface area (Å²) in [5.74, 6) is -0.0892. The third kappa shape index (κ3) is 6.47. The number of hydrogen-bond donors (Lipinski definition) is 1. The molecule has 0 heterocycles. The molecule has 2 aromatic carbocycles. The van der Waals surface area contributed by atoms with Gasteiger partial charge in [0.05, 0.1) is 18.0 Å². The highest BCUT2D eigenvalue weighted by molar-refractivity contribution is 7.92. The smallest absolute Gasteiger partial charge is 0.232 e. The normalized spacial score (nSPS) is 12.4. The Morgan fingerprint density at radius 2 is 1.79 bits per heavy atom. The molecular weight excluding hydrogens is 408 g/mol. The van der Waals surface area contributed by atoms with E-state index in [0.717, 1.165) is 18.2 Å². The molecule has 0 bridgehead atoms. The van der Waals surface area contributed by atoms with E-state index < -0.39 is 10.0 Å². The van der Waals surface area contributed by atoms with Crippen LogP contribution in [0.5, 0.6) is 0 Å². The molecule has 0 fully saturated rings. The van der Waals surface area contributed by atoms with E-state index in [2.05, 4.69) is 5.32 Å². The average Bonchev–Trinajstić information content (AvgIpc) is 2.66. The van der Waals surface area contributed by atoms with E-state index in [9.17, 15) is 13.2 Å². The van der Waals surface area contributed by atoms with Crippen LogP contribution >= 0.6 is 11.6 Å². The van der Waals surface area contributed by atoms with Crippen LogP contribution in [-0.2, 0) is 14.8 Å². The van der Waals surface area contributed by atoms with Gasteiger partial charge in [0.2, 0.25) is 15.9 Å². The van der Waals surface area contributed by atoms with Crippen LogP contribution in [0.25, 0.3) is 0 Å². The van der Waals surface area contributed by atoms with Gasteiger partial charge in [-0.05, 0) is 49.9 Å². The van der Waals surface area contributed by atoms with Crippen LogP contribution in [0.3, 0.4) is 0 Å². The van der Waals surface area contributed by atoms with Gasteiger partial charge in [-0.15, -0.1) is 0 Å². The van der Waals surface area contributed by atoms with Crippen LogP contribution in [-0.4, -0.2) is 27.1 Å². The van der Waals surface area contributed by atoms with E-state index >= 15 is 0 Å². The lowest BCUT2D eigenvalue weighted by atomic mass is 10.0. The van der Waals surface area contributed by atoms with Crippen molar-refractivity contribution in [3.05, 3.63) is 64.2 Å². The summed E-state index contributed by atoms with van der Waals surface area (Å²) < 4.78 is 25.9. The molecule has 5 nitrogen and oxygen atoms in total. The molecule has 158 valence electrons. The Bertz CT molecular complexity index is 943. The Morgan fingerprint density at radius 3 is 2.38 bits per heavy atom. The van der Waals surface area contributed by atoms with Crippen molar-refractivity contribution in [1.29, 1.82) is 0 Å². The maximum absolute atomic E-state index is 12.4. The maximum atomic E-state index is 12.4. The number of carbonyl (C=O) groups is 1. The first kappa shape index (κ1) is 23.2. The van der Waals surface area contributed by atoms with Crippen molar-refractivity contribution in [3.63, 3.8) is 0 Å². The quantitative estimate of drug-likeness (QED) is 0.615. The fourth-order valence-electron chi connectivity index (χ4n) is 3.20. The molecule has 0 spiro atoms. The maximum Gasteiger partial charge on any atom is 0.232 e. The largest absolute Gasteiger partial charge is 0.349 e. The molecule has 0 saturated heterocycles. The van der Waals surface area contributed by atoms with E-state index in [4.69, 9.17) is 11.6 Å². The zero-order chi connectivity index (χ0) is 21.6. The van der Waals surface area contributed by atoms with Crippen molar-refractivity contribution in [2.45, 2.75) is 46.1 Å². The van der Waals surface area contributed by atoms with E-state index in [-0.39, 0.29) is 24.9 Å². The van der Waals surface area contributed by atoms with Gasteiger partial charge in [0, 0.05) is 18.0 Å². The second kappa shape index (κ2) is 10.1. The lowest BCUT2D eigenvalue weighted by Crippen LogP contribution is -2.33. The summed E-state index contributed by atoms with van der Waals surface area (Å²) in [6.45, 7) is 6.06. The number of hydrogen-bond acceptors (Lipinski definition) is 3. The van der Waals surface area contributed by atoms with E-state index in [1.807, 2.05) is 38.1 Å². The van der Waals surface area contributed by atoms with Gasteiger partial charge < -0.3 is 5.32 Å². The number of anilines is 1. The molecule has 2 rings (SSSR count). The van der Waals surface area contributed by atoms with E-state index in [1.54, 1.807) is 25.1 Å². The molecule has 0 aliphatic rings. The summed E-state index contributed by atoms with van der Waals surface area (Å²) in [4.78, 5) is 12.4. The highest BCUT2D eigenvalue weighted by Gasteiger charge is 2.20. The van der Waals surface area contributed by atoms with Gasteiger partial charge in [0.25, 0.3) is 0 Å². The number of nitrogens with zero attached hydrogens (tertiary/aromatic N) is 1. The second-order valence-corrected chi connectivity index (χ2v) is 9.58. The van der Waals surface area contributed by atoms with Crippen molar-refractivity contribution >= 4 is 33.2 Å². The van der Waals surface area contributed by atoms with Gasteiger partial charge in [-0.25, -0.2) is 8.42 Å². The summed E-state index contributed by atoms with van der Waals surface area (Å²) in [5, 5.41) is 3.56. The standard InChI is InChI=1S/C22H29ClN2O3S/c1-5-20(18-13-11-16(2)12-14-18)24-22(26)10-7-15-25(29(4,27)28)21-9-6-8-19(23)17(21)3/h6,8-9,11-14,20H,5,7,10,15H2,1-4H3,(H,24,26)/t20-/m1/s1. The topological polar surface area (TPSA) is 66.5 Å². The highest BCUT2D eigenvalue weighted by Crippen LogP contribution is 2.28. The zero-order valence-electron chi connectivity index (χ0n) is 17.4. The first-order chi connectivity index (χ1) is 13.6. The lowest BCUT2D eigenvalue weighted by Gasteiger charge is -2.24. The van der Waals surface area contributed by atoms with Crippen LogP contribution in [0, 0.1) is 13.8 Å². The first-order valence-corrected chi connectivity index (χ1v) is 11.9. The molecule has 7 heteroatoms. The molecule has 29 heavy (non-hydrogen) atoms. The molecule has 2 aromatic rings. The molecule has 0 aliphatic heterocycles. The van der Waals surface area contributed by atoms with Gasteiger partial charge in [-0.1, -0.05) is 54.4 Å². The SMILES string of the molecule is CC[C@@H](NC(=O)CCCN(c1cccc(Cl)c1C)S(C)(=O)=O)c1ccc(C)cc1. The summed E-state index contributed by atoms with van der Waals surface area (Å²) >= 11 is 6.15. The van der Waals surface area contributed by atoms with Crippen LogP contribution in [0.15, 0.2) is 42.5 Å². The molecule has 1 N–H and O–H groups in total. The molecule has 0 unspecified atom stereocenters. The first-order valence-electron chi connectivity index (χ1n) is 9.72. The highest BCUT2D eigenvalue weighted by atomic mass is 35.5. The Kier molecular flexibility index (Phi) is 8.11. The molecule has 0 radical (unpaired) electrons. The molecular formula is C22H29ClN2O3S. The number of halogens is 1. The fourth-order valence-corrected chi connectivity index (χ4v) is 4.39. The lowest BCUT2D eigenvalue weighted by molar-refractivity contribution is -0.121. The van der Waals surface area contributed by atoms with Crippen molar-refractivity contribution < 1.29 is 13.2 Å². The molecule has 1 atom stereocenters. The predicted octanol–water partition coefficient (Wildman–Crippen LogP) is 4.77. The molecule has 0 aliphatic carbocycles. The van der Waals surface area contributed by atoms with Crippen LogP contribution in [0.1, 0.15) is 48.9 Å². The predicted molar refractivity (Wildman–Crippen MR) is 120 cm³/mol. The van der Waals surface area contributed by atoms with Crippen LogP contribution in [0.4, 0.5) is 5.69 Å². The van der Waals surface area contributed by atoms with Gasteiger partial charge >= 0.3 is 0 Å². The third-order valence-electron chi connectivity index (χ3n) is 4.90. The summed E-state index contributed by atoms with van der Waals surface area (Å²) in [7, 11) is -3.49. The fraction of sp³-hybridized carbons (Fsp3) is 0.409. The van der Waals surface area contributed by atoms with Crippen molar-refractivity contribution in [3.8, 4) is 0 Å². The van der Waals surface area contributed by atoms with Crippen molar-refractivity contribution in [1.82, 2.24) is 5.32 Å². The number of aryl methyl sites for hydroxylation is 1. The van der Waals surface area contributed by atoms with Gasteiger partial charge in [-0.3, -0.25) is 9.10 Å². The number of carbonyl (C=O) groups excluding carboxylic acids is 1. The Hall–Kier alpha value is -2.05. The molecule has 0 saturated carbocycles. The van der Waals surface area contributed by atoms with Crippen molar-refractivity contribution in [2.24, 2.45) is 0 Å². The monoisotopic (exact) mass is 436 g/mol. The number of benzene rings is 2. The molecule has 0 aromatic heterocycles. The Balaban J connectivity index is 2.01. The number of rotatable bonds is 9. The minimum absolute atomic E-state index is 0.0516. The summed E-state index contributed by atoms with van der Waals surface area (Å²) in [6.07, 6.45) is 2.60. The van der Waals surface area contributed by atoms with E-state index in [1.165, 1.54) is 9.87 Å². The number of sulfonamides is 1. The zero-order valence-corrected chi connectivity index (χ0v) is 19.0. The third-order valence-corrected chi connectivity index (χ3v) is 6.49. The van der Waals surface area contributed by atoms with Gasteiger partial charge in [0.15, 0.2) is 0 Å². The number of amides is 1. The molecule has 1 amide bonds. The van der Waals surface area contributed by atoms with Crippen LogP contribution < -0.4 is 9.62 Å². The minimum atomic E-state index is -3.49. The summed E-state index contributed by atoms with van der Waals surface area (Å²) in [6, 6.07) is 13.2.